The number of amides is 1. The van der Waals surface area contributed by atoms with Crippen molar-refractivity contribution >= 4 is 11.7 Å². The highest BCUT2D eigenvalue weighted by atomic mass is 16.6. The summed E-state index contributed by atoms with van der Waals surface area (Å²) in [6.07, 6.45) is 1.05. The van der Waals surface area contributed by atoms with Crippen molar-refractivity contribution in [3.63, 3.8) is 0 Å². The van der Waals surface area contributed by atoms with E-state index in [1.54, 1.807) is 0 Å². The number of nitrogens with one attached hydrogen (secondary N) is 1. The van der Waals surface area contributed by atoms with Gasteiger partial charge < -0.3 is 15.4 Å². The summed E-state index contributed by atoms with van der Waals surface area (Å²) in [5, 5.41) is 12.7. The molecule has 70 valence electrons. The Bertz CT molecular complexity index is 357. The molecule has 0 saturated heterocycles. The smallest absolute Gasteiger partial charge is 0.343 e. The summed E-state index contributed by atoms with van der Waals surface area (Å²) in [6, 6.07) is 0. The second-order valence-corrected chi connectivity index (χ2v) is 2.34. The summed E-state index contributed by atoms with van der Waals surface area (Å²) >= 11 is 0. The van der Waals surface area contributed by atoms with Crippen LogP contribution in [0.4, 0.5) is 5.82 Å². The first-order chi connectivity index (χ1) is 6.07. The van der Waals surface area contributed by atoms with E-state index in [1.165, 1.54) is 14.1 Å². The molecule has 1 N–H and O–H groups in total. The molecule has 1 amide bonds. The van der Waals surface area contributed by atoms with Gasteiger partial charge in [-0.2, -0.15) is 0 Å². The molecule has 0 saturated carbocycles. The summed E-state index contributed by atoms with van der Waals surface area (Å²) in [4.78, 5) is 24.4. The zero-order valence-corrected chi connectivity index (χ0v) is 7.14. The Morgan fingerprint density at radius 1 is 1.77 bits per heavy atom. The van der Waals surface area contributed by atoms with Crippen LogP contribution in [0.2, 0.25) is 0 Å². The van der Waals surface area contributed by atoms with Gasteiger partial charge in [0.15, 0.2) is 0 Å². The fraction of sp³-hybridized carbons (Fsp3) is 0.333. The number of rotatable bonds is 2. The zero-order valence-electron chi connectivity index (χ0n) is 7.14. The SMILES string of the molecule is CNC(=O)c1ncc([N+](=O)[O-])n1C. The van der Waals surface area contributed by atoms with E-state index in [9.17, 15) is 14.9 Å². The minimum absolute atomic E-state index is 0.0224. The van der Waals surface area contributed by atoms with Crippen molar-refractivity contribution in [3.8, 4) is 0 Å². The van der Waals surface area contributed by atoms with E-state index in [0.29, 0.717) is 0 Å². The van der Waals surface area contributed by atoms with Crippen LogP contribution in [0.25, 0.3) is 0 Å². The predicted octanol–water partition coefficient (Wildman–Crippen LogP) is -0.312. The number of carbonyl (C=O) groups excluding carboxylic acids is 1. The molecule has 0 fully saturated rings. The molecule has 0 aromatic carbocycles. The van der Waals surface area contributed by atoms with E-state index in [2.05, 4.69) is 10.3 Å². The molecule has 0 aliphatic heterocycles. The van der Waals surface area contributed by atoms with Gasteiger partial charge in [-0.3, -0.25) is 4.79 Å². The van der Waals surface area contributed by atoms with E-state index in [-0.39, 0.29) is 11.6 Å². The Kier molecular flexibility index (Phi) is 2.27. The van der Waals surface area contributed by atoms with Crippen molar-refractivity contribution in [1.82, 2.24) is 14.9 Å². The van der Waals surface area contributed by atoms with Crippen LogP contribution in [0.5, 0.6) is 0 Å². The standard InChI is InChI=1S/C6H8N4O3/c1-7-6(11)5-8-3-4(9(5)2)10(12)13/h3H,1-2H3,(H,7,11). The van der Waals surface area contributed by atoms with Crippen LogP contribution in [0.1, 0.15) is 10.6 Å². The van der Waals surface area contributed by atoms with Crippen LogP contribution in [-0.2, 0) is 7.05 Å². The van der Waals surface area contributed by atoms with Crippen LogP contribution >= 0.6 is 0 Å². The minimum atomic E-state index is -0.598. The molecule has 0 atom stereocenters. The molecule has 0 aliphatic carbocycles. The van der Waals surface area contributed by atoms with Crippen LogP contribution in [0.15, 0.2) is 6.20 Å². The van der Waals surface area contributed by atoms with Crippen molar-refractivity contribution in [2.45, 2.75) is 0 Å². The number of nitro groups is 1. The first-order valence-corrected chi connectivity index (χ1v) is 3.46. The third-order valence-corrected chi connectivity index (χ3v) is 1.58. The maximum atomic E-state index is 11.1. The van der Waals surface area contributed by atoms with Gasteiger partial charge in [0, 0.05) is 7.05 Å². The Morgan fingerprint density at radius 2 is 2.38 bits per heavy atom. The Morgan fingerprint density at radius 3 is 2.77 bits per heavy atom. The van der Waals surface area contributed by atoms with Crippen LogP contribution in [0.3, 0.4) is 0 Å². The van der Waals surface area contributed by atoms with Crippen molar-refractivity contribution in [2.75, 3.05) is 7.05 Å². The fourth-order valence-electron chi connectivity index (χ4n) is 0.893. The average molecular weight is 184 g/mol. The van der Waals surface area contributed by atoms with Gasteiger partial charge in [0.05, 0.1) is 7.05 Å². The molecule has 7 nitrogen and oxygen atoms in total. The number of aromatic nitrogens is 2. The second-order valence-electron chi connectivity index (χ2n) is 2.34. The highest BCUT2D eigenvalue weighted by molar-refractivity contribution is 5.90. The van der Waals surface area contributed by atoms with E-state index < -0.39 is 10.8 Å². The van der Waals surface area contributed by atoms with Gasteiger partial charge >= 0.3 is 11.7 Å². The average Bonchev–Trinajstić information content (AvgIpc) is 2.46. The molecule has 13 heavy (non-hydrogen) atoms. The molecule has 0 unspecified atom stereocenters. The number of hydrogen-bond donors (Lipinski definition) is 1. The molecular formula is C6H8N4O3. The predicted molar refractivity (Wildman–Crippen MR) is 43.3 cm³/mol. The minimum Gasteiger partial charge on any atom is -0.358 e. The zero-order chi connectivity index (χ0) is 10.0. The molecule has 0 spiro atoms. The highest BCUT2D eigenvalue weighted by Crippen LogP contribution is 2.10. The topological polar surface area (TPSA) is 90.1 Å². The maximum Gasteiger partial charge on any atom is 0.343 e. The molecule has 1 aromatic heterocycles. The summed E-state index contributed by atoms with van der Waals surface area (Å²) < 4.78 is 1.12. The van der Waals surface area contributed by atoms with Crippen molar-refractivity contribution in [3.05, 3.63) is 22.1 Å². The second kappa shape index (κ2) is 3.21. The molecule has 0 radical (unpaired) electrons. The van der Waals surface area contributed by atoms with Gasteiger partial charge in [0.1, 0.15) is 6.20 Å². The first kappa shape index (κ1) is 9.17. The van der Waals surface area contributed by atoms with Gasteiger partial charge in [-0.1, -0.05) is 0 Å². The third-order valence-electron chi connectivity index (χ3n) is 1.58. The number of hydrogen-bond acceptors (Lipinski definition) is 4. The Hall–Kier alpha value is -1.92. The summed E-state index contributed by atoms with van der Waals surface area (Å²) in [5.41, 5.74) is 0. The Balaban J connectivity index is 3.13. The van der Waals surface area contributed by atoms with Crippen LogP contribution < -0.4 is 5.32 Å². The summed E-state index contributed by atoms with van der Waals surface area (Å²) in [5.74, 6) is -0.636. The quantitative estimate of drug-likeness (QED) is 0.504. The lowest BCUT2D eigenvalue weighted by Gasteiger charge is -1.96. The van der Waals surface area contributed by atoms with Crippen molar-refractivity contribution < 1.29 is 9.72 Å². The van der Waals surface area contributed by atoms with E-state index in [4.69, 9.17) is 0 Å². The molecule has 7 heteroatoms. The molecule has 1 rings (SSSR count). The molecule has 1 heterocycles. The third kappa shape index (κ3) is 1.48. The molecule has 1 aromatic rings. The van der Waals surface area contributed by atoms with Gasteiger partial charge in [0.25, 0.3) is 5.82 Å². The van der Waals surface area contributed by atoms with Crippen LogP contribution in [0, 0.1) is 10.1 Å². The lowest BCUT2D eigenvalue weighted by molar-refractivity contribution is -0.391. The largest absolute Gasteiger partial charge is 0.358 e. The number of imidazole rings is 1. The van der Waals surface area contributed by atoms with Gasteiger partial charge in [-0.25, -0.2) is 9.55 Å². The Labute approximate surface area is 73.5 Å². The van der Waals surface area contributed by atoms with Crippen LogP contribution in [-0.4, -0.2) is 27.4 Å². The first-order valence-electron chi connectivity index (χ1n) is 3.46. The highest BCUT2D eigenvalue weighted by Gasteiger charge is 2.21. The molecule has 0 bridgehead atoms. The van der Waals surface area contributed by atoms with E-state index in [1.807, 2.05) is 0 Å². The van der Waals surface area contributed by atoms with E-state index >= 15 is 0 Å². The fourth-order valence-corrected chi connectivity index (χ4v) is 0.893. The van der Waals surface area contributed by atoms with Gasteiger partial charge in [-0.15, -0.1) is 0 Å². The van der Waals surface area contributed by atoms with Gasteiger partial charge in [0.2, 0.25) is 0 Å². The lowest BCUT2D eigenvalue weighted by Crippen LogP contribution is -2.22. The van der Waals surface area contributed by atoms with Gasteiger partial charge in [-0.05, 0) is 4.92 Å². The molecule has 0 aliphatic rings. The number of carbonyl (C=O) groups is 1. The van der Waals surface area contributed by atoms with E-state index in [0.717, 1.165) is 10.8 Å². The monoisotopic (exact) mass is 184 g/mol. The maximum absolute atomic E-state index is 11.1. The molecular weight excluding hydrogens is 176 g/mol. The summed E-state index contributed by atoms with van der Waals surface area (Å²) in [7, 11) is 2.85. The normalized spacial score (nSPS) is 9.69. The van der Waals surface area contributed by atoms with Crippen molar-refractivity contribution in [2.24, 2.45) is 7.05 Å². The summed E-state index contributed by atoms with van der Waals surface area (Å²) in [6.45, 7) is 0. The lowest BCUT2D eigenvalue weighted by atomic mass is 10.5. The van der Waals surface area contributed by atoms with Crippen molar-refractivity contribution in [1.29, 1.82) is 0 Å². The number of nitrogens with zero attached hydrogens (tertiary/aromatic N) is 3.